The molecule has 0 spiro atoms. The molecule has 1 aromatic carbocycles. The molecule has 19 heavy (non-hydrogen) atoms. The lowest BCUT2D eigenvalue weighted by Gasteiger charge is -2.18. The van der Waals surface area contributed by atoms with Crippen LogP contribution in [-0.2, 0) is 24.2 Å². The zero-order valence-corrected chi connectivity index (χ0v) is 11.4. The van der Waals surface area contributed by atoms with Crippen molar-refractivity contribution in [1.82, 2.24) is 4.57 Å². The van der Waals surface area contributed by atoms with Crippen LogP contribution < -0.4 is 0 Å². The van der Waals surface area contributed by atoms with Crippen molar-refractivity contribution >= 4 is 16.9 Å². The maximum Gasteiger partial charge on any atom is 0.306 e. The summed E-state index contributed by atoms with van der Waals surface area (Å²) in [7, 11) is 0. The van der Waals surface area contributed by atoms with Crippen LogP contribution in [-0.4, -0.2) is 15.6 Å². The Kier molecular flexibility index (Phi) is 2.85. The summed E-state index contributed by atoms with van der Waals surface area (Å²) >= 11 is 0. The smallest absolute Gasteiger partial charge is 0.306 e. The number of aliphatic carboxylic acids is 1. The highest BCUT2D eigenvalue weighted by atomic mass is 16.4. The van der Waals surface area contributed by atoms with Crippen LogP contribution in [0, 0.1) is 12.8 Å². The highest BCUT2D eigenvalue weighted by molar-refractivity contribution is 5.86. The van der Waals surface area contributed by atoms with Crippen molar-refractivity contribution in [1.29, 1.82) is 0 Å². The first kappa shape index (κ1) is 12.3. The number of carboxylic acid groups (broad SMARTS) is 1. The van der Waals surface area contributed by atoms with E-state index in [0.29, 0.717) is 6.42 Å². The number of hydrogen-bond acceptors (Lipinski definition) is 1. The second-order valence-corrected chi connectivity index (χ2v) is 5.68. The average Bonchev–Trinajstić information content (AvgIpc) is 2.68. The molecule has 0 bridgehead atoms. The van der Waals surface area contributed by atoms with Crippen molar-refractivity contribution in [2.24, 2.45) is 5.92 Å². The van der Waals surface area contributed by atoms with Crippen LogP contribution >= 0.6 is 0 Å². The van der Waals surface area contributed by atoms with E-state index in [1.54, 1.807) is 6.92 Å². The molecule has 100 valence electrons. The molecule has 0 amide bonds. The van der Waals surface area contributed by atoms with E-state index in [2.05, 4.69) is 29.7 Å². The van der Waals surface area contributed by atoms with Gasteiger partial charge in [-0.2, -0.15) is 0 Å². The van der Waals surface area contributed by atoms with E-state index in [1.807, 2.05) is 0 Å². The SMILES string of the molecule is Cc1cc2cc(CC(C)C(=O)O)cc3c2n1CCC3. The molecule has 2 aromatic rings. The van der Waals surface area contributed by atoms with E-state index in [-0.39, 0.29) is 5.92 Å². The third-order valence-corrected chi connectivity index (χ3v) is 4.13. The number of benzene rings is 1. The van der Waals surface area contributed by atoms with Gasteiger partial charge in [0.1, 0.15) is 0 Å². The van der Waals surface area contributed by atoms with E-state index in [1.165, 1.54) is 28.6 Å². The van der Waals surface area contributed by atoms with Crippen LogP contribution in [0.4, 0.5) is 0 Å². The van der Waals surface area contributed by atoms with Gasteiger partial charge >= 0.3 is 5.97 Å². The van der Waals surface area contributed by atoms with Crippen molar-refractivity contribution in [2.45, 2.75) is 39.7 Å². The summed E-state index contributed by atoms with van der Waals surface area (Å²) in [5.41, 5.74) is 5.19. The van der Waals surface area contributed by atoms with Gasteiger partial charge in [-0.25, -0.2) is 0 Å². The molecule has 2 heterocycles. The molecule has 0 fully saturated rings. The number of aryl methyl sites for hydroxylation is 3. The first-order chi connectivity index (χ1) is 9.06. The number of hydrogen-bond donors (Lipinski definition) is 1. The fourth-order valence-corrected chi connectivity index (χ4v) is 3.17. The van der Waals surface area contributed by atoms with Crippen molar-refractivity contribution in [3.63, 3.8) is 0 Å². The molecule has 1 N–H and O–H groups in total. The molecule has 0 saturated carbocycles. The second kappa shape index (κ2) is 4.41. The lowest BCUT2D eigenvalue weighted by Crippen LogP contribution is -2.13. The molecular weight excluding hydrogens is 238 g/mol. The standard InChI is InChI=1S/C16H19NO2/c1-10(16(18)19)6-12-8-13-4-3-5-17-11(2)7-14(9-12)15(13)17/h7-10H,3-6H2,1-2H3,(H,18,19). The summed E-state index contributed by atoms with van der Waals surface area (Å²) in [5.74, 6) is -1.04. The van der Waals surface area contributed by atoms with Crippen LogP contribution in [0.3, 0.4) is 0 Å². The first-order valence-corrected chi connectivity index (χ1v) is 6.90. The molecule has 1 aliphatic rings. The monoisotopic (exact) mass is 257 g/mol. The van der Waals surface area contributed by atoms with Crippen LogP contribution in [0.5, 0.6) is 0 Å². The average molecular weight is 257 g/mol. The van der Waals surface area contributed by atoms with Crippen LogP contribution in [0.2, 0.25) is 0 Å². The Morgan fingerprint density at radius 1 is 1.42 bits per heavy atom. The molecule has 0 saturated heterocycles. The normalized spacial score (nSPS) is 15.7. The minimum Gasteiger partial charge on any atom is -0.481 e. The summed E-state index contributed by atoms with van der Waals surface area (Å²) in [4.78, 5) is 11.0. The summed E-state index contributed by atoms with van der Waals surface area (Å²) in [6.45, 7) is 5.02. The summed E-state index contributed by atoms with van der Waals surface area (Å²) in [6.07, 6.45) is 2.90. The summed E-state index contributed by atoms with van der Waals surface area (Å²) in [5, 5.41) is 10.3. The maximum absolute atomic E-state index is 11.0. The highest BCUT2D eigenvalue weighted by Crippen LogP contribution is 2.30. The van der Waals surface area contributed by atoms with Gasteiger partial charge in [0.15, 0.2) is 0 Å². The molecule has 1 aliphatic heterocycles. The van der Waals surface area contributed by atoms with Gasteiger partial charge in [-0.05, 0) is 49.4 Å². The number of nitrogens with zero attached hydrogens (tertiary/aromatic N) is 1. The zero-order chi connectivity index (χ0) is 13.6. The fourth-order valence-electron chi connectivity index (χ4n) is 3.17. The van der Waals surface area contributed by atoms with E-state index in [0.717, 1.165) is 18.5 Å². The van der Waals surface area contributed by atoms with Crippen molar-refractivity contribution < 1.29 is 9.90 Å². The highest BCUT2D eigenvalue weighted by Gasteiger charge is 2.18. The van der Waals surface area contributed by atoms with E-state index in [4.69, 9.17) is 5.11 Å². The minimum atomic E-state index is -0.720. The maximum atomic E-state index is 11.0. The Morgan fingerprint density at radius 3 is 2.95 bits per heavy atom. The molecule has 3 rings (SSSR count). The fraction of sp³-hybridized carbons (Fsp3) is 0.438. The molecule has 0 aliphatic carbocycles. The van der Waals surface area contributed by atoms with Gasteiger partial charge in [-0.3, -0.25) is 4.79 Å². The third kappa shape index (κ3) is 2.03. The largest absolute Gasteiger partial charge is 0.481 e. The van der Waals surface area contributed by atoms with Crippen molar-refractivity contribution in [3.8, 4) is 0 Å². The zero-order valence-electron chi connectivity index (χ0n) is 11.4. The Morgan fingerprint density at radius 2 is 2.21 bits per heavy atom. The van der Waals surface area contributed by atoms with E-state index in [9.17, 15) is 4.79 Å². The Labute approximate surface area is 112 Å². The van der Waals surface area contributed by atoms with Gasteiger partial charge in [0.25, 0.3) is 0 Å². The molecular formula is C16H19NO2. The van der Waals surface area contributed by atoms with Crippen molar-refractivity contribution in [3.05, 3.63) is 35.0 Å². The van der Waals surface area contributed by atoms with E-state index < -0.39 is 5.97 Å². The third-order valence-electron chi connectivity index (χ3n) is 4.13. The molecule has 3 nitrogen and oxygen atoms in total. The number of rotatable bonds is 3. The van der Waals surface area contributed by atoms with Gasteiger partial charge in [-0.15, -0.1) is 0 Å². The second-order valence-electron chi connectivity index (χ2n) is 5.68. The lowest BCUT2D eigenvalue weighted by atomic mass is 9.95. The topological polar surface area (TPSA) is 42.2 Å². The van der Waals surface area contributed by atoms with Gasteiger partial charge in [0.2, 0.25) is 0 Å². The Hall–Kier alpha value is -1.77. The Bertz CT molecular complexity index is 654. The number of aromatic nitrogens is 1. The minimum absolute atomic E-state index is 0.323. The van der Waals surface area contributed by atoms with Crippen LogP contribution in [0.25, 0.3) is 10.9 Å². The first-order valence-electron chi connectivity index (χ1n) is 6.90. The molecule has 1 unspecified atom stereocenters. The predicted molar refractivity (Wildman–Crippen MR) is 75.5 cm³/mol. The van der Waals surface area contributed by atoms with Gasteiger partial charge in [-0.1, -0.05) is 13.0 Å². The van der Waals surface area contributed by atoms with Gasteiger partial charge in [0, 0.05) is 17.6 Å². The van der Waals surface area contributed by atoms with Gasteiger partial charge < -0.3 is 9.67 Å². The molecule has 1 aromatic heterocycles. The van der Waals surface area contributed by atoms with Crippen LogP contribution in [0.15, 0.2) is 18.2 Å². The summed E-state index contributed by atoms with van der Waals surface area (Å²) < 4.78 is 2.39. The predicted octanol–water partition coefficient (Wildman–Crippen LogP) is 3.16. The number of carboxylic acids is 1. The van der Waals surface area contributed by atoms with Crippen molar-refractivity contribution in [2.75, 3.05) is 0 Å². The Balaban J connectivity index is 2.07. The number of carbonyl (C=O) groups is 1. The van der Waals surface area contributed by atoms with Crippen LogP contribution in [0.1, 0.15) is 30.2 Å². The summed E-state index contributed by atoms with van der Waals surface area (Å²) in [6, 6.07) is 6.59. The lowest BCUT2D eigenvalue weighted by molar-refractivity contribution is -0.141. The van der Waals surface area contributed by atoms with Gasteiger partial charge in [0.05, 0.1) is 11.4 Å². The molecule has 3 heteroatoms. The van der Waals surface area contributed by atoms with E-state index >= 15 is 0 Å². The molecule has 1 atom stereocenters. The quantitative estimate of drug-likeness (QED) is 0.917. The molecule has 0 radical (unpaired) electrons.